The summed E-state index contributed by atoms with van der Waals surface area (Å²) in [5.74, 6) is 0.606. The molecule has 2 N–H and O–H groups in total. The van der Waals surface area contributed by atoms with Crippen molar-refractivity contribution in [2.75, 3.05) is 25.5 Å². The van der Waals surface area contributed by atoms with Crippen LogP contribution in [0, 0.1) is 18.7 Å². The molecule has 0 spiro atoms. The summed E-state index contributed by atoms with van der Waals surface area (Å²) in [4.78, 5) is 39.0. The molecule has 1 saturated heterocycles. The van der Waals surface area contributed by atoms with Crippen LogP contribution >= 0.6 is 0 Å². The zero-order valence-electron chi connectivity index (χ0n) is 20.8. The van der Waals surface area contributed by atoms with E-state index in [0.717, 1.165) is 24.2 Å². The van der Waals surface area contributed by atoms with Gasteiger partial charge in [0.15, 0.2) is 0 Å². The molecule has 3 atom stereocenters. The number of aromatic nitrogens is 2. The van der Waals surface area contributed by atoms with Gasteiger partial charge in [-0.1, -0.05) is 13.8 Å². The Morgan fingerprint density at radius 1 is 1.18 bits per heavy atom. The average molecular weight is 471 g/mol. The molecule has 2 amide bonds. The first-order valence-corrected chi connectivity index (χ1v) is 11.7. The molecule has 1 aromatic carbocycles. The average Bonchev–Trinajstić information content (AvgIpc) is 3.31. The van der Waals surface area contributed by atoms with Crippen molar-refractivity contribution in [2.24, 2.45) is 5.92 Å². The van der Waals surface area contributed by atoms with Gasteiger partial charge < -0.3 is 20.4 Å². The Balaban J connectivity index is 1.86. The highest BCUT2D eigenvalue weighted by Crippen LogP contribution is 2.34. The Bertz CT molecular complexity index is 1010. The largest absolute Gasteiger partial charge is 0.343 e. The number of hydrogen-bond donors (Lipinski definition) is 2. The van der Waals surface area contributed by atoms with Crippen molar-refractivity contribution in [1.82, 2.24) is 25.5 Å². The lowest BCUT2D eigenvalue weighted by Gasteiger charge is -2.32. The molecule has 1 aliphatic heterocycles. The summed E-state index contributed by atoms with van der Waals surface area (Å²) in [7, 11) is 3.58. The van der Waals surface area contributed by atoms with Crippen LogP contribution in [0.3, 0.4) is 0 Å². The third-order valence-corrected chi connectivity index (χ3v) is 6.34. The zero-order chi connectivity index (χ0) is 25.0. The fourth-order valence-electron chi connectivity index (χ4n) is 4.15. The molecule has 3 rings (SSSR count). The van der Waals surface area contributed by atoms with Crippen LogP contribution in [0.5, 0.6) is 0 Å². The maximum Gasteiger partial charge on any atom is 0.245 e. The maximum atomic E-state index is 13.6. The molecule has 0 unspecified atom stereocenters. The van der Waals surface area contributed by atoms with Crippen LogP contribution in [0.2, 0.25) is 0 Å². The van der Waals surface area contributed by atoms with Gasteiger partial charge in [0, 0.05) is 25.3 Å². The predicted octanol–water partition coefficient (Wildman–Crippen LogP) is 3.10. The van der Waals surface area contributed by atoms with Gasteiger partial charge in [0.25, 0.3) is 0 Å². The summed E-state index contributed by atoms with van der Waals surface area (Å²) in [6.45, 7) is 8.06. The van der Waals surface area contributed by atoms with Crippen molar-refractivity contribution in [1.29, 1.82) is 0 Å². The van der Waals surface area contributed by atoms with Crippen LogP contribution < -0.4 is 15.5 Å². The van der Waals surface area contributed by atoms with E-state index in [1.807, 2.05) is 43.7 Å². The molecule has 34 heavy (non-hydrogen) atoms. The third-order valence-electron chi connectivity index (χ3n) is 6.34. The number of rotatable bonds is 8. The molecule has 184 valence electrons. The van der Waals surface area contributed by atoms with Crippen LogP contribution in [-0.2, 0) is 9.59 Å². The van der Waals surface area contributed by atoms with Gasteiger partial charge in [0.1, 0.15) is 23.5 Å². The number of likely N-dealkylation sites (N-methyl/N-ethyl adjacent to an activating group) is 1. The summed E-state index contributed by atoms with van der Waals surface area (Å²) in [5, 5.41) is 5.83. The minimum atomic E-state index is -0.617. The monoisotopic (exact) mass is 470 g/mol. The van der Waals surface area contributed by atoms with Crippen LogP contribution in [0.4, 0.5) is 15.9 Å². The number of likely N-dealkylation sites (tertiary alicyclic amines) is 1. The molecule has 1 fully saturated rings. The van der Waals surface area contributed by atoms with E-state index < -0.39 is 12.1 Å². The highest BCUT2D eigenvalue weighted by molar-refractivity contribution is 5.90. The van der Waals surface area contributed by atoms with E-state index in [9.17, 15) is 14.0 Å². The number of benzene rings is 1. The number of anilines is 2. The van der Waals surface area contributed by atoms with E-state index in [2.05, 4.69) is 20.6 Å². The second-order valence-electron chi connectivity index (χ2n) is 9.16. The Hall–Kier alpha value is -3.07. The first-order chi connectivity index (χ1) is 16.1. The number of carbonyl (C=O) groups is 2. The van der Waals surface area contributed by atoms with Gasteiger partial charge in [-0.05, 0) is 63.9 Å². The molecule has 1 aliphatic rings. The second-order valence-corrected chi connectivity index (χ2v) is 9.16. The molecule has 0 saturated carbocycles. The summed E-state index contributed by atoms with van der Waals surface area (Å²) < 4.78 is 13.4. The first kappa shape index (κ1) is 25.6. The number of nitrogens with zero attached hydrogens (tertiary/aromatic N) is 4. The molecule has 0 aliphatic carbocycles. The lowest BCUT2D eigenvalue weighted by Crippen LogP contribution is -2.54. The first-order valence-electron chi connectivity index (χ1n) is 11.7. The van der Waals surface area contributed by atoms with Gasteiger partial charge in [0.2, 0.25) is 11.8 Å². The van der Waals surface area contributed by atoms with Crippen molar-refractivity contribution >= 4 is 23.3 Å². The van der Waals surface area contributed by atoms with Crippen molar-refractivity contribution in [2.45, 2.75) is 58.7 Å². The van der Waals surface area contributed by atoms with E-state index in [1.165, 1.54) is 12.1 Å². The second kappa shape index (κ2) is 10.9. The Morgan fingerprint density at radius 2 is 1.85 bits per heavy atom. The van der Waals surface area contributed by atoms with Gasteiger partial charge in [-0.3, -0.25) is 9.59 Å². The predicted molar refractivity (Wildman–Crippen MR) is 130 cm³/mol. The number of amides is 2. The molecular formula is C25H35FN6O2. The van der Waals surface area contributed by atoms with Crippen molar-refractivity contribution < 1.29 is 14.0 Å². The van der Waals surface area contributed by atoms with E-state index in [1.54, 1.807) is 26.1 Å². The molecule has 8 nitrogen and oxygen atoms in total. The summed E-state index contributed by atoms with van der Waals surface area (Å²) in [6.07, 6.45) is 1.64. The Morgan fingerprint density at radius 3 is 2.47 bits per heavy atom. The number of halogens is 1. The highest BCUT2D eigenvalue weighted by atomic mass is 19.1. The van der Waals surface area contributed by atoms with Crippen molar-refractivity contribution in [3.8, 4) is 0 Å². The van der Waals surface area contributed by atoms with Crippen LogP contribution in [-0.4, -0.2) is 59.4 Å². The van der Waals surface area contributed by atoms with Gasteiger partial charge >= 0.3 is 0 Å². The lowest BCUT2D eigenvalue weighted by atomic mass is 10.0. The lowest BCUT2D eigenvalue weighted by molar-refractivity contribution is -0.139. The third kappa shape index (κ3) is 5.70. The maximum absolute atomic E-state index is 13.6. The molecule has 2 heterocycles. The van der Waals surface area contributed by atoms with E-state index in [0.29, 0.717) is 18.2 Å². The number of nitrogens with one attached hydrogen (secondary N) is 2. The number of carbonyl (C=O) groups excluding carboxylic acids is 2. The standard InChI is InChI=1S/C25H35FN6O2/c1-15(2)23(30-24(33)16(3)27-5)25(34)32-13-7-8-21(32)20-14-22(29-17(4)28-20)31(6)19-11-9-18(26)10-12-19/h9-12,14-16,21,23,27H,7-8,13H2,1-6H3,(H,30,33)/t16-,21-,23-/m0/s1. The Kier molecular flexibility index (Phi) is 8.19. The van der Waals surface area contributed by atoms with Crippen LogP contribution in [0.1, 0.15) is 51.2 Å². The summed E-state index contributed by atoms with van der Waals surface area (Å²) in [6, 6.07) is 6.89. The fraction of sp³-hybridized carbons (Fsp3) is 0.520. The van der Waals surface area contributed by atoms with Gasteiger partial charge in [-0.25, -0.2) is 14.4 Å². The van der Waals surface area contributed by atoms with E-state index in [4.69, 9.17) is 0 Å². The van der Waals surface area contributed by atoms with E-state index >= 15 is 0 Å². The quantitative estimate of drug-likeness (QED) is 0.616. The van der Waals surface area contributed by atoms with Crippen molar-refractivity contribution in [3.05, 3.63) is 47.7 Å². The van der Waals surface area contributed by atoms with Crippen LogP contribution in [0.15, 0.2) is 30.3 Å². The number of hydrogen-bond acceptors (Lipinski definition) is 6. The van der Waals surface area contributed by atoms with Crippen LogP contribution in [0.25, 0.3) is 0 Å². The zero-order valence-corrected chi connectivity index (χ0v) is 20.8. The summed E-state index contributed by atoms with van der Waals surface area (Å²) in [5.41, 5.74) is 1.56. The SMILES string of the molecule is CN[C@@H](C)C(=O)N[C@H](C(=O)N1CCC[C@H]1c1cc(N(C)c2ccc(F)cc2)nc(C)n1)C(C)C. The fourth-order valence-corrected chi connectivity index (χ4v) is 4.15. The van der Waals surface area contributed by atoms with Gasteiger partial charge in [-0.2, -0.15) is 0 Å². The molecule has 2 aromatic rings. The smallest absolute Gasteiger partial charge is 0.245 e. The molecular weight excluding hydrogens is 435 g/mol. The summed E-state index contributed by atoms with van der Waals surface area (Å²) >= 11 is 0. The topological polar surface area (TPSA) is 90.5 Å². The minimum absolute atomic E-state index is 0.0611. The number of aryl methyl sites for hydroxylation is 1. The van der Waals surface area contributed by atoms with E-state index in [-0.39, 0.29) is 29.6 Å². The molecule has 9 heteroatoms. The molecule has 0 radical (unpaired) electrons. The van der Waals surface area contributed by atoms with Gasteiger partial charge in [0.05, 0.1) is 17.8 Å². The Labute approximate surface area is 201 Å². The van der Waals surface area contributed by atoms with Crippen molar-refractivity contribution in [3.63, 3.8) is 0 Å². The highest BCUT2D eigenvalue weighted by Gasteiger charge is 2.37. The minimum Gasteiger partial charge on any atom is -0.343 e. The molecule has 1 aromatic heterocycles. The normalized spacial score (nSPS) is 17.5. The van der Waals surface area contributed by atoms with Gasteiger partial charge in [-0.15, -0.1) is 0 Å². The molecule has 0 bridgehead atoms.